The second-order valence-electron chi connectivity index (χ2n) is 6.92. The Morgan fingerprint density at radius 3 is 2.70 bits per heavy atom. The van der Waals surface area contributed by atoms with Gasteiger partial charge in [0.25, 0.3) is 0 Å². The molecule has 1 aromatic carbocycles. The zero-order valence-corrected chi connectivity index (χ0v) is 15.2. The summed E-state index contributed by atoms with van der Waals surface area (Å²) in [5.41, 5.74) is 7.52. The molecule has 8 nitrogen and oxygen atoms in total. The number of rotatable bonds is 3. The minimum Gasteiger partial charge on any atom is -0.328 e. The molecular weight excluding hydrogens is 364 g/mol. The first-order valence-electron chi connectivity index (χ1n) is 8.82. The molecule has 4 aromatic rings. The van der Waals surface area contributed by atoms with Crippen molar-refractivity contribution in [2.24, 2.45) is 5.73 Å². The topological polar surface area (TPSA) is 120 Å². The number of hydrogen-bond acceptors (Lipinski definition) is 6. The van der Waals surface area contributed by atoms with Gasteiger partial charge in [-0.25, -0.2) is 23.6 Å². The summed E-state index contributed by atoms with van der Waals surface area (Å²) in [6, 6.07) is 10.4. The third-order valence-corrected chi connectivity index (χ3v) is 6.88. The van der Waals surface area contributed by atoms with E-state index in [-0.39, 0.29) is 22.0 Å². The van der Waals surface area contributed by atoms with Gasteiger partial charge >= 0.3 is 0 Å². The van der Waals surface area contributed by atoms with E-state index < -0.39 is 9.84 Å². The summed E-state index contributed by atoms with van der Waals surface area (Å²) in [4.78, 5) is 8.77. The van der Waals surface area contributed by atoms with Crippen LogP contribution in [0.25, 0.3) is 22.1 Å². The van der Waals surface area contributed by atoms with E-state index in [1.54, 1.807) is 36.5 Å². The highest BCUT2D eigenvalue weighted by atomic mass is 32.2. The monoisotopic (exact) mass is 382 g/mol. The molecule has 0 radical (unpaired) electrons. The fourth-order valence-corrected chi connectivity index (χ4v) is 5.21. The highest BCUT2D eigenvalue weighted by Crippen LogP contribution is 2.35. The Bertz CT molecular complexity index is 1250. The first-order valence-corrected chi connectivity index (χ1v) is 10.3. The molecular formula is C18H18N6O2S. The van der Waals surface area contributed by atoms with E-state index in [0.717, 1.165) is 24.6 Å². The standard InChI is InChI=1S/C18H18N6O2S/c19-11-6-7-12(10-11)24-16-14-8-9-20-17(14)21-18(15(16)22-23-24)27(25,26)13-4-2-1-3-5-13/h1-5,8-9,11-12,23H,6-7,10,19H2. The Hall–Kier alpha value is -2.78. The van der Waals surface area contributed by atoms with Gasteiger partial charge < -0.3 is 5.73 Å². The second-order valence-corrected chi connectivity index (χ2v) is 8.79. The fourth-order valence-electron chi connectivity index (χ4n) is 3.87. The van der Waals surface area contributed by atoms with E-state index in [1.807, 2.05) is 10.7 Å². The van der Waals surface area contributed by atoms with Crippen molar-refractivity contribution in [3.8, 4) is 0 Å². The number of H-pyrrole nitrogens is 1. The molecule has 1 aliphatic rings. The number of benzene rings is 1. The average molecular weight is 382 g/mol. The minimum absolute atomic E-state index is 0.0767. The van der Waals surface area contributed by atoms with E-state index >= 15 is 0 Å². The predicted molar refractivity (Wildman–Crippen MR) is 99.9 cm³/mol. The number of hydrogen-bond donors (Lipinski definition) is 2. The average Bonchev–Trinajstić information content (AvgIpc) is 3.39. The van der Waals surface area contributed by atoms with Crippen molar-refractivity contribution in [2.45, 2.75) is 41.3 Å². The SMILES string of the molecule is NC1CCC(n2[nH]nc3c(S(=O)(=O)c4ccccc4)nc4nccc4c32)C1. The van der Waals surface area contributed by atoms with Crippen molar-refractivity contribution < 1.29 is 8.42 Å². The van der Waals surface area contributed by atoms with Crippen LogP contribution < -0.4 is 5.73 Å². The Labute approximate surface area is 155 Å². The number of sulfone groups is 1. The van der Waals surface area contributed by atoms with Gasteiger partial charge in [0.1, 0.15) is 11.0 Å². The number of fused-ring (bicyclic) bond motifs is 3. The van der Waals surface area contributed by atoms with Gasteiger partial charge in [-0.2, -0.15) is 5.10 Å². The van der Waals surface area contributed by atoms with Gasteiger partial charge in [-0.1, -0.05) is 18.2 Å². The number of aromatic amines is 1. The summed E-state index contributed by atoms with van der Waals surface area (Å²) >= 11 is 0. The summed E-state index contributed by atoms with van der Waals surface area (Å²) in [6.07, 6.45) is 4.30. The second kappa shape index (κ2) is 5.86. The summed E-state index contributed by atoms with van der Waals surface area (Å²) in [5.74, 6) is 0. The zero-order chi connectivity index (χ0) is 18.6. The molecule has 1 saturated carbocycles. The molecule has 0 bridgehead atoms. The summed E-state index contributed by atoms with van der Waals surface area (Å²) < 4.78 is 28.4. The van der Waals surface area contributed by atoms with Gasteiger partial charge in [-0.3, -0.25) is 4.68 Å². The van der Waals surface area contributed by atoms with Crippen LogP contribution in [0.4, 0.5) is 0 Å². The molecule has 3 heterocycles. The quantitative estimate of drug-likeness (QED) is 0.560. The minimum atomic E-state index is -3.83. The zero-order valence-electron chi connectivity index (χ0n) is 14.4. The Morgan fingerprint density at radius 1 is 1.15 bits per heavy atom. The molecule has 2 atom stereocenters. The van der Waals surface area contributed by atoms with Crippen LogP contribution in [0.2, 0.25) is 0 Å². The first kappa shape index (κ1) is 16.4. The Kier molecular flexibility index (Phi) is 3.56. The van der Waals surface area contributed by atoms with Crippen LogP contribution in [-0.4, -0.2) is 39.4 Å². The van der Waals surface area contributed by atoms with Gasteiger partial charge in [0.15, 0.2) is 10.7 Å². The number of pyridine rings is 1. The largest absolute Gasteiger partial charge is 0.328 e. The van der Waals surface area contributed by atoms with E-state index in [9.17, 15) is 8.42 Å². The number of nitrogens with zero attached hydrogens (tertiary/aromatic N) is 4. The van der Waals surface area contributed by atoms with Crippen LogP contribution >= 0.6 is 0 Å². The van der Waals surface area contributed by atoms with Crippen molar-refractivity contribution in [3.05, 3.63) is 42.6 Å². The van der Waals surface area contributed by atoms with Crippen LogP contribution in [0.3, 0.4) is 0 Å². The van der Waals surface area contributed by atoms with Crippen LogP contribution in [-0.2, 0) is 9.84 Å². The lowest BCUT2D eigenvalue weighted by Crippen LogP contribution is -2.16. The maximum atomic E-state index is 13.2. The number of aromatic nitrogens is 5. The maximum absolute atomic E-state index is 13.2. The van der Waals surface area contributed by atoms with Gasteiger partial charge in [-0.15, -0.1) is 0 Å². The molecule has 138 valence electrons. The molecule has 0 saturated heterocycles. The lowest BCUT2D eigenvalue weighted by atomic mass is 10.2. The van der Waals surface area contributed by atoms with Crippen molar-refractivity contribution in [3.63, 3.8) is 0 Å². The van der Waals surface area contributed by atoms with Gasteiger partial charge in [0, 0.05) is 17.6 Å². The molecule has 9 heteroatoms. The van der Waals surface area contributed by atoms with Gasteiger partial charge in [0.05, 0.1) is 10.9 Å². The maximum Gasteiger partial charge on any atom is 0.226 e. The van der Waals surface area contributed by atoms with Gasteiger partial charge in [-0.05, 0) is 37.5 Å². The fraction of sp³-hybridized carbons (Fsp3) is 0.278. The summed E-state index contributed by atoms with van der Waals surface area (Å²) in [7, 11) is -3.83. The molecule has 1 fully saturated rings. The van der Waals surface area contributed by atoms with Crippen molar-refractivity contribution in [1.29, 1.82) is 0 Å². The van der Waals surface area contributed by atoms with E-state index in [0.29, 0.717) is 16.7 Å². The Balaban J connectivity index is 1.80. The van der Waals surface area contributed by atoms with E-state index in [4.69, 9.17) is 5.73 Å². The smallest absolute Gasteiger partial charge is 0.226 e. The van der Waals surface area contributed by atoms with Crippen LogP contribution in [0, 0.1) is 0 Å². The lowest BCUT2D eigenvalue weighted by Gasteiger charge is -2.13. The predicted octanol–water partition coefficient (Wildman–Crippen LogP) is 2.19. The highest BCUT2D eigenvalue weighted by molar-refractivity contribution is 7.91. The number of nitrogens with one attached hydrogen (secondary N) is 1. The number of nitrogens with two attached hydrogens (primary N) is 1. The van der Waals surface area contributed by atoms with Crippen molar-refractivity contribution >= 4 is 31.9 Å². The summed E-state index contributed by atoms with van der Waals surface area (Å²) in [6.45, 7) is 0. The third-order valence-electron chi connectivity index (χ3n) is 5.20. The highest BCUT2D eigenvalue weighted by Gasteiger charge is 2.30. The molecule has 3 N–H and O–H groups in total. The van der Waals surface area contributed by atoms with Crippen LogP contribution in [0.1, 0.15) is 25.3 Å². The van der Waals surface area contributed by atoms with Crippen molar-refractivity contribution in [1.82, 2.24) is 25.0 Å². The van der Waals surface area contributed by atoms with Gasteiger partial charge in [0.2, 0.25) is 9.84 Å². The lowest BCUT2D eigenvalue weighted by molar-refractivity contribution is 0.462. The molecule has 0 amide bonds. The van der Waals surface area contributed by atoms with E-state index in [1.165, 1.54) is 0 Å². The molecule has 3 aromatic heterocycles. The first-order chi connectivity index (χ1) is 13.1. The molecule has 2 unspecified atom stereocenters. The molecule has 0 spiro atoms. The normalized spacial score (nSPS) is 20.6. The summed E-state index contributed by atoms with van der Waals surface area (Å²) in [5, 5.41) is 8.05. The molecule has 1 aliphatic carbocycles. The van der Waals surface area contributed by atoms with Crippen molar-refractivity contribution in [2.75, 3.05) is 0 Å². The Morgan fingerprint density at radius 2 is 1.96 bits per heavy atom. The molecule has 27 heavy (non-hydrogen) atoms. The third kappa shape index (κ3) is 2.46. The van der Waals surface area contributed by atoms with Crippen LogP contribution in [0.5, 0.6) is 0 Å². The molecule has 0 aliphatic heterocycles. The van der Waals surface area contributed by atoms with Crippen LogP contribution in [0.15, 0.2) is 52.5 Å². The molecule has 5 rings (SSSR count). The van der Waals surface area contributed by atoms with E-state index in [2.05, 4.69) is 20.3 Å².